The number of carbonyl (C=O) groups is 1. The molecule has 6 heteroatoms. The molecule has 1 amide bonds. The van der Waals surface area contributed by atoms with E-state index in [0.717, 1.165) is 25.9 Å². The summed E-state index contributed by atoms with van der Waals surface area (Å²) in [5, 5.41) is 1.88. The second-order valence-electron chi connectivity index (χ2n) is 4.01. The Morgan fingerprint density at radius 3 is 2.19 bits per heavy atom. The van der Waals surface area contributed by atoms with E-state index >= 15 is 0 Å². The highest BCUT2D eigenvalue weighted by Gasteiger charge is 2.38. The minimum atomic E-state index is -4.77. The van der Waals surface area contributed by atoms with Crippen molar-refractivity contribution in [2.24, 2.45) is 0 Å². The quantitative estimate of drug-likeness (QED) is 0.809. The number of halogens is 3. The molecule has 0 aromatic carbocycles. The summed E-state index contributed by atoms with van der Waals surface area (Å²) in [4.78, 5) is 12.6. The van der Waals surface area contributed by atoms with Gasteiger partial charge >= 0.3 is 12.1 Å². The summed E-state index contributed by atoms with van der Waals surface area (Å²) < 4.78 is 35.6. The Morgan fingerprint density at radius 1 is 1.12 bits per heavy atom. The fourth-order valence-electron chi connectivity index (χ4n) is 1.79. The molecule has 0 radical (unpaired) electrons. The first-order valence-corrected chi connectivity index (χ1v) is 5.57. The number of amides is 1. The maximum absolute atomic E-state index is 11.9. The van der Waals surface area contributed by atoms with Gasteiger partial charge in [-0.1, -0.05) is 12.8 Å². The van der Waals surface area contributed by atoms with E-state index in [4.69, 9.17) is 0 Å². The van der Waals surface area contributed by atoms with Crippen LogP contribution in [0.15, 0.2) is 0 Å². The molecule has 0 bridgehead atoms. The van der Waals surface area contributed by atoms with Crippen molar-refractivity contribution in [2.75, 3.05) is 26.2 Å². The first kappa shape index (κ1) is 13.3. The third-order valence-electron chi connectivity index (χ3n) is 2.67. The minimum Gasteiger partial charge on any atom is -0.347 e. The highest BCUT2D eigenvalue weighted by Crippen LogP contribution is 2.14. The third kappa shape index (κ3) is 4.83. The number of likely N-dealkylation sites (tertiary alicyclic amines) is 1. The van der Waals surface area contributed by atoms with Crippen LogP contribution >= 0.6 is 0 Å². The molecule has 1 aliphatic rings. The zero-order valence-corrected chi connectivity index (χ0v) is 9.15. The van der Waals surface area contributed by atoms with Crippen LogP contribution in [-0.2, 0) is 4.79 Å². The molecule has 94 valence electrons. The van der Waals surface area contributed by atoms with Gasteiger partial charge in [-0.2, -0.15) is 13.2 Å². The van der Waals surface area contributed by atoms with E-state index in [9.17, 15) is 18.0 Å². The van der Waals surface area contributed by atoms with Gasteiger partial charge in [-0.05, 0) is 25.9 Å². The number of rotatable bonds is 3. The van der Waals surface area contributed by atoms with Gasteiger partial charge in [0.05, 0.1) is 0 Å². The molecule has 0 saturated carbocycles. The second kappa shape index (κ2) is 6.08. The molecular weight excluding hydrogens is 221 g/mol. The van der Waals surface area contributed by atoms with Crippen LogP contribution in [0.2, 0.25) is 0 Å². The van der Waals surface area contributed by atoms with Gasteiger partial charge in [-0.3, -0.25) is 4.79 Å². The van der Waals surface area contributed by atoms with Crippen LogP contribution in [0.5, 0.6) is 0 Å². The number of hydrogen-bond acceptors (Lipinski definition) is 2. The van der Waals surface area contributed by atoms with Crippen molar-refractivity contribution in [3.8, 4) is 0 Å². The smallest absolute Gasteiger partial charge is 0.347 e. The van der Waals surface area contributed by atoms with Crippen LogP contribution in [-0.4, -0.2) is 43.2 Å². The SMILES string of the molecule is O=C(NCCN1CCCCCC1)C(F)(F)F. The van der Waals surface area contributed by atoms with Crippen molar-refractivity contribution in [3.63, 3.8) is 0 Å². The Kier molecular flexibility index (Phi) is 5.05. The Hall–Kier alpha value is -0.780. The van der Waals surface area contributed by atoms with Gasteiger partial charge < -0.3 is 10.2 Å². The lowest BCUT2D eigenvalue weighted by molar-refractivity contribution is -0.173. The van der Waals surface area contributed by atoms with Crippen molar-refractivity contribution in [2.45, 2.75) is 31.9 Å². The van der Waals surface area contributed by atoms with Gasteiger partial charge in [0.1, 0.15) is 0 Å². The number of alkyl halides is 3. The fraction of sp³-hybridized carbons (Fsp3) is 0.900. The topological polar surface area (TPSA) is 32.3 Å². The molecular formula is C10H17F3N2O. The van der Waals surface area contributed by atoms with E-state index in [2.05, 4.69) is 4.90 Å². The molecule has 1 fully saturated rings. The van der Waals surface area contributed by atoms with Gasteiger partial charge in [-0.25, -0.2) is 0 Å². The second-order valence-corrected chi connectivity index (χ2v) is 4.01. The Bertz CT molecular complexity index is 223. The number of nitrogens with zero attached hydrogens (tertiary/aromatic N) is 1. The zero-order chi connectivity index (χ0) is 12.0. The molecule has 0 aliphatic carbocycles. The monoisotopic (exact) mass is 238 g/mol. The molecule has 1 rings (SSSR count). The lowest BCUT2D eigenvalue weighted by Gasteiger charge is -2.19. The van der Waals surface area contributed by atoms with Crippen LogP contribution in [0.4, 0.5) is 13.2 Å². The Labute approximate surface area is 93.0 Å². The lowest BCUT2D eigenvalue weighted by Crippen LogP contribution is -2.41. The molecule has 1 aliphatic heterocycles. The molecule has 1 N–H and O–H groups in total. The molecule has 3 nitrogen and oxygen atoms in total. The van der Waals surface area contributed by atoms with Gasteiger partial charge in [0.25, 0.3) is 0 Å². The van der Waals surface area contributed by atoms with E-state index in [0.29, 0.717) is 6.54 Å². The molecule has 1 saturated heterocycles. The van der Waals surface area contributed by atoms with E-state index in [1.165, 1.54) is 12.8 Å². The average Bonchev–Trinajstić information content (AvgIpc) is 2.44. The fourth-order valence-corrected chi connectivity index (χ4v) is 1.79. The number of nitrogens with one attached hydrogen (secondary N) is 1. The van der Waals surface area contributed by atoms with Crippen LogP contribution in [0.25, 0.3) is 0 Å². The first-order chi connectivity index (χ1) is 7.50. The Balaban J connectivity index is 2.17. The summed E-state index contributed by atoms with van der Waals surface area (Å²) in [5.74, 6) is -1.85. The van der Waals surface area contributed by atoms with E-state index < -0.39 is 12.1 Å². The highest BCUT2D eigenvalue weighted by atomic mass is 19.4. The molecule has 0 aromatic heterocycles. The number of hydrogen-bond donors (Lipinski definition) is 1. The third-order valence-corrected chi connectivity index (χ3v) is 2.67. The molecule has 1 heterocycles. The molecule has 0 spiro atoms. The van der Waals surface area contributed by atoms with Crippen molar-refractivity contribution in [3.05, 3.63) is 0 Å². The highest BCUT2D eigenvalue weighted by molar-refractivity contribution is 5.81. The summed E-state index contributed by atoms with van der Waals surface area (Å²) in [6.07, 6.45) is -0.212. The van der Waals surface area contributed by atoms with E-state index in [1.54, 1.807) is 0 Å². The molecule has 16 heavy (non-hydrogen) atoms. The molecule has 0 unspecified atom stereocenters. The minimum absolute atomic E-state index is 0.0678. The van der Waals surface area contributed by atoms with Gasteiger partial charge in [0, 0.05) is 13.1 Å². The summed E-state index contributed by atoms with van der Waals surface area (Å²) in [6, 6.07) is 0. The van der Waals surface area contributed by atoms with Crippen molar-refractivity contribution in [1.29, 1.82) is 0 Å². The summed E-state index contributed by atoms with van der Waals surface area (Å²) in [5.41, 5.74) is 0. The van der Waals surface area contributed by atoms with Gasteiger partial charge in [0.15, 0.2) is 0 Å². The standard InChI is InChI=1S/C10H17F3N2O/c11-10(12,13)9(16)14-5-8-15-6-3-1-2-4-7-15/h1-8H2,(H,14,16). The zero-order valence-electron chi connectivity index (χ0n) is 9.15. The summed E-state index contributed by atoms with van der Waals surface area (Å²) >= 11 is 0. The van der Waals surface area contributed by atoms with Crippen molar-refractivity contribution >= 4 is 5.91 Å². The maximum atomic E-state index is 11.9. The van der Waals surface area contributed by atoms with Crippen LogP contribution in [0, 0.1) is 0 Å². The lowest BCUT2D eigenvalue weighted by atomic mass is 10.2. The maximum Gasteiger partial charge on any atom is 0.471 e. The largest absolute Gasteiger partial charge is 0.471 e. The summed E-state index contributed by atoms with van der Waals surface area (Å²) in [7, 11) is 0. The Morgan fingerprint density at radius 2 is 1.69 bits per heavy atom. The van der Waals surface area contributed by atoms with Crippen molar-refractivity contribution < 1.29 is 18.0 Å². The normalized spacial score (nSPS) is 19.2. The van der Waals surface area contributed by atoms with Gasteiger partial charge in [-0.15, -0.1) is 0 Å². The van der Waals surface area contributed by atoms with E-state index in [-0.39, 0.29) is 6.54 Å². The van der Waals surface area contributed by atoms with Crippen LogP contribution < -0.4 is 5.32 Å². The summed E-state index contributed by atoms with van der Waals surface area (Å²) in [6.45, 7) is 2.41. The predicted molar refractivity (Wildman–Crippen MR) is 54.0 cm³/mol. The van der Waals surface area contributed by atoms with Crippen LogP contribution in [0.3, 0.4) is 0 Å². The van der Waals surface area contributed by atoms with Crippen LogP contribution in [0.1, 0.15) is 25.7 Å². The average molecular weight is 238 g/mol. The predicted octanol–water partition coefficient (Wildman–Crippen LogP) is 1.54. The molecule has 0 aromatic rings. The first-order valence-electron chi connectivity index (χ1n) is 5.57. The van der Waals surface area contributed by atoms with Crippen molar-refractivity contribution in [1.82, 2.24) is 10.2 Å². The van der Waals surface area contributed by atoms with E-state index in [1.807, 2.05) is 5.32 Å². The van der Waals surface area contributed by atoms with Gasteiger partial charge in [0.2, 0.25) is 0 Å². The number of carbonyl (C=O) groups excluding carboxylic acids is 1. The molecule has 0 atom stereocenters.